The zero-order chi connectivity index (χ0) is 18.0. The lowest BCUT2D eigenvalue weighted by Crippen LogP contribution is -2.31. The molecule has 5 rings (SSSR count). The summed E-state index contributed by atoms with van der Waals surface area (Å²) in [5.41, 5.74) is 5.27. The van der Waals surface area contributed by atoms with Gasteiger partial charge in [-0.25, -0.2) is 9.41 Å². The van der Waals surface area contributed by atoms with Crippen LogP contribution >= 0.6 is 0 Å². The van der Waals surface area contributed by atoms with E-state index in [4.69, 9.17) is 11.3 Å². The van der Waals surface area contributed by atoms with Gasteiger partial charge in [-0.3, -0.25) is 0 Å². The number of ether oxygens (including phenoxy) is 1. The van der Waals surface area contributed by atoms with E-state index in [-0.39, 0.29) is 0 Å². The van der Waals surface area contributed by atoms with E-state index in [1.165, 1.54) is 16.3 Å². The molecule has 26 heavy (non-hydrogen) atoms. The Bertz CT molecular complexity index is 1300. The van der Waals surface area contributed by atoms with Crippen molar-refractivity contribution < 1.29 is 9.30 Å². The Hall–Kier alpha value is -3.38. The van der Waals surface area contributed by atoms with Gasteiger partial charge in [0.2, 0.25) is 5.69 Å². The average Bonchev–Trinajstić information content (AvgIpc) is 2.67. The Kier molecular flexibility index (Phi) is 2.90. The number of aromatic nitrogens is 1. The van der Waals surface area contributed by atoms with Gasteiger partial charge in [0, 0.05) is 11.6 Å². The molecule has 1 aliphatic rings. The predicted octanol–water partition coefficient (Wildman–Crippen LogP) is 5.76. The Morgan fingerprint density at radius 3 is 2.46 bits per heavy atom. The van der Waals surface area contributed by atoms with Crippen molar-refractivity contribution in [2.45, 2.75) is 13.8 Å². The maximum Gasteiger partial charge on any atom is 0.227 e. The van der Waals surface area contributed by atoms with Crippen molar-refractivity contribution >= 4 is 27.2 Å². The lowest BCUT2D eigenvalue weighted by atomic mass is 9.89. The maximum absolute atomic E-state index is 7.40. The molecule has 0 aliphatic carbocycles. The first-order valence-electron chi connectivity index (χ1n) is 8.64. The van der Waals surface area contributed by atoms with Crippen LogP contribution in [0.2, 0.25) is 0 Å². The summed E-state index contributed by atoms with van der Waals surface area (Å²) >= 11 is 0. The van der Waals surface area contributed by atoms with E-state index in [9.17, 15) is 0 Å². The average molecular weight is 337 g/mol. The standard InChI is InChI=1S/C23H17N2O/c1-13-17-7-5-6-8-18(17)14(2)23-20(13)22-21-15(9-10-25(22)4)11-16(24-3)12-19(21)26-23/h5-12H,1-2,4H3/q+1. The highest BCUT2D eigenvalue weighted by molar-refractivity contribution is 6.07. The molecule has 3 aromatic carbocycles. The van der Waals surface area contributed by atoms with Gasteiger partial charge in [0.1, 0.15) is 18.5 Å². The SMILES string of the molecule is [C-]#[N+]c1cc2c3c([n+](C)ccc3c1)-c1c(c(C)c3ccccc3c1C)O2. The summed E-state index contributed by atoms with van der Waals surface area (Å²) < 4.78 is 8.57. The molecule has 0 spiro atoms. The highest BCUT2D eigenvalue weighted by Gasteiger charge is 2.31. The minimum Gasteiger partial charge on any atom is -0.457 e. The first kappa shape index (κ1) is 14.9. The van der Waals surface area contributed by atoms with Crippen molar-refractivity contribution in [1.82, 2.24) is 0 Å². The molecule has 0 radical (unpaired) electrons. The molecule has 0 atom stereocenters. The zero-order valence-corrected chi connectivity index (χ0v) is 14.9. The summed E-state index contributed by atoms with van der Waals surface area (Å²) in [4.78, 5) is 3.61. The molecular weight excluding hydrogens is 320 g/mol. The Labute approximate surface area is 151 Å². The maximum atomic E-state index is 7.40. The van der Waals surface area contributed by atoms with Gasteiger partial charge in [-0.15, -0.1) is 0 Å². The molecule has 0 unspecified atom stereocenters. The number of benzene rings is 3. The van der Waals surface area contributed by atoms with E-state index in [0.717, 1.165) is 39.1 Å². The number of pyridine rings is 1. The highest BCUT2D eigenvalue weighted by atomic mass is 16.5. The second kappa shape index (κ2) is 5.06. The number of fused-ring (bicyclic) bond motifs is 3. The quantitative estimate of drug-likeness (QED) is 0.259. The minimum atomic E-state index is 0.603. The largest absolute Gasteiger partial charge is 0.457 e. The topological polar surface area (TPSA) is 17.5 Å². The second-order valence-corrected chi connectivity index (χ2v) is 6.90. The van der Waals surface area contributed by atoms with Crippen molar-refractivity contribution in [3.8, 4) is 22.8 Å². The molecule has 3 nitrogen and oxygen atoms in total. The third kappa shape index (κ3) is 1.79. The van der Waals surface area contributed by atoms with Gasteiger partial charge in [0.25, 0.3) is 0 Å². The van der Waals surface area contributed by atoms with E-state index in [0.29, 0.717) is 5.69 Å². The molecule has 1 aliphatic heterocycles. The number of rotatable bonds is 0. The van der Waals surface area contributed by atoms with Gasteiger partial charge in [0.05, 0.1) is 17.5 Å². The Morgan fingerprint density at radius 2 is 1.73 bits per heavy atom. The lowest BCUT2D eigenvalue weighted by molar-refractivity contribution is -0.659. The van der Waals surface area contributed by atoms with Crippen molar-refractivity contribution in [1.29, 1.82) is 0 Å². The Morgan fingerprint density at radius 1 is 1.00 bits per heavy atom. The summed E-state index contributed by atoms with van der Waals surface area (Å²) in [5, 5.41) is 4.58. The molecule has 2 heterocycles. The molecule has 0 saturated heterocycles. The number of aryl methyl sites for hydroxylation is 3. The molecule has 1 aromatic heterocycles. The van der Waals surface area contributed by atoms with Gasteiger partial charge >= 0.3 is 0 Å². The molecule has 124 valence electrons. The molecule has 3 heteroatoms. The first-order valence-corrected chi connectivity index (χ1v) is 8.64. The van der Waals surface area contributed by atoms with Crippen molar-refractivity contribution in [3.63, 3.8) is 0 Å². The lowest BCUT2D eigenvalue weighted by Gasteiger charge is -2.24. The van der Waals surface area contributed by atoms with Crippen molar-refractivity contribution in [2.75, 3.05) is 0 Å². The monoisotopic (exact) mass is 337 g/mol. The normalized spacial score (nSPS) is 11.9. The van der Waals surface area contributed by atoms with Crippen LogP contribution in [0.15, 0.2) is 48.7 Å². The van der Waals surface area contributed by atoms with Gasteiger partial charge in [-0.05, 0) is 47.7 Å². The van der Waals surface area contributed by atoms with Crippen LogP contribution in [0.5, 0.6) is 11.5 Å². The van der Waals surface area contributed by atoms with Crippen LogP contribution in [0.25, 0.3) is 37.6 Å². The summed E-state index contributed by atoms with van der Waals surface area (Å²) in [6.07, 6.45) is 2.06. The summed E-state index contributed by atoms with van der Waals surface area (Å²) in [6, 6.07) is 14.3. The van der Waals surface area contributed by atoms with Crippen LogP contribution in [0.3, 0.4) is 0 Å². The van der Waals surface area contributed by atoms with Gasteiger partial charge in [0.15, 0.2) is 11.9 Å². The molecule has 0 saturated carbocycles. The van der Waals surface area contributed by atoms with Crippen LogP contribution in [0.4, 0.5) is 5.69 Å². The summed E-state index contributed by atoms with van der Waals surface area (Å²) in [6.45, 7) is 11.7. The van der Waals surface area contributed by atoms with E-state index >= 15 is 0 Å². The zero-order valence-electron chi connectivity index (χ0n) is 14.9. The minimum absolute atomic E-state index is 0.603. The van der Waals surface area contributed by atoms with Crippen LogP contribution in [-0.2, 0) is 7.05 Å². The molecule has 4 aromatic rings. The fourth-order valence-electron chi connectivity index (χ4n) is 4.17. The van der Waals surface area contributed by atoms with Gasteiger partial charge in [-0.2, -0.15) is 0 Å². The number of hydrogen-bond acceptors (Lipinski definition) is 1. The van der Waals surface area contributed by atoms with Crippen molar-refractivity contribution in [3.05, 3.63) is 71.2 Å². The predicted molar refractivity (Wildman–Crippen MR) is 104 cm³/mol. The molecule has 0 bridgehead atoms. The van der Waals surface area contributed by atoms with Gasteiger partial charge < -0.3 is 4.74 Å². The molecule has 0 fully saturated rings. The van der Waals surface area contributed by atoms with Crippen LogP contribution in [0.1, 0.15) is 11.1 Å². The third-order valence-electron chi connectivity index (χ3n) is 5.44. The van der Waals surface area contributed by atoms with Crippen molar-refractivity contribution in [2.24, 2.45) is 7.05 Å². The van der Waals surface area contributed by atoms with Gasteiger partial charge in [-0.1, -0.05) is 24.3 Å². The number of nitrogens with zero attached hydrogens (tertiary/aromatic N) is 2. The third-order valence-corrected chi connectivity index (χ3v) is 5.44. The second-order valence-electron chi connectivity index (χ2n) is 6.90. The molecule has 0 N–H and O–H groups in total. The number of hydrogen-bond donors (Lipinski definition) is 0. The van der Waals surface area contributed by atoms with E-state index < -0.39 is 0 Å². The van der Waals surface area contributed by atoms with E-state index in [1.54, 1.807) is 0 Å². The Balaban J connectivity index is 2.03. The van der Waals surface area contributed by atoms with Crippen LogP contribution in [0, 0.1) is 20.4 Å². The van der Waals surface area contributed by atoms with Crippen LogP contribution in [-0.4, -0.2) is 0 Å². The molecule has 0 amide bonds. The van der Waals surface area contributed by atoms with E-state index in [1.807, 2.05) is 12.1 Å². The van der Waals surface area contributed by atoms with E-state index in [2.05, 4.69) is 66.8 Å². The summed E-state index contributed by atoms with van der Waals surface area (Å²) in [7, 11) is 2.07. The molecular formula is C23H17N2O+. The smallest absolute Gasteiger partial charge is 0.227 e. The first-order chi connectivity index (χ1) is 12.6. The van der Waals surface area contributed by atoms with Crippen LogP contribution < -0.4 is 9.30 Å². The fourth-order valence-corrected chi connectivity index (χ4v) is 4.17. The summed E-state index contributed by atoms with van der Waals surface area (Å²) in [5.74, 6) is 1.67. The highest BCUT2D eigenvalue weighted by Crippen LogP contribution is 2.50. The fraction of sp³-hybridized carbons (Fsp3) is 0.130.